The van der Waals surface area contributed by atoms with Gasteiger partial charge in [-0.1, -0.05) is 6.07 Å². The molecule has 5 nitrogen and oxygen atoms in total. The van der Waals surface area contributed by atoms with E-state index >= 15 is 0 Å². The van der Waals surface area contributed by atoms with Crippen LogP contribution in [0.2, 0.25) is 0 Å². The smallest absolute Gasteiger partial charge is 0.339 e. The van der Waals surface area contributed by atoms with Crippen LogP contribution in [0.3, 0.4) is 0 Å². The van der Waals surface area contributed by atoms with E-state index < -0.39 is 5.97 Å². The fourth-order valence-electron chi connectivity index (χ4n) is 2.31. The zero-order valence-corrected chi connectivity index (χ0v) is 11.9. The quantitative estimate of drug-likeness (QED) is 0.930. The van der Waals surface area contributed by atoms with Gasteiger partial charge in [-0.25, -0.2) is 14.8 Å². The summed E-state index contributed by atoms with van der Waals surface area (Å²) in [6, 6.07) is 3.84. The number of hydrogen-bond acceptors (Lipinski definition) is 4. The number of carboxylic acids is 1. The highest BCUT2D eigenvalue weighted by Crippen LogP contribution is 2.35. The van der Waals surface area contributed by atoms with Crippen molar-refractivity contribution in [2.45, 2.75) is 20.8 Å². The van der Waals surface area contributed by atoms with Crippen molar-refractivity contribution in [3.05, 3.63) is 40.8 Å². The third-order valence-electron chi connectivity index (χ3n) is 3.15. The zero-order chi connectivity index (χ0) is 14.9. The lowest BCUT2D eigenvalue weighted by Gasteiger charge is -2.14. The van der Waals surface area contributed by atoms with Crippen molar-refractivity contribution in [3.63, 3.8) is 0 Å². The Labute approximate surface area is 117 Å². The number of hydrogen-bond donors (Lipinski definition) is 1. The Bertz CT molecular complexity index is 681. The van der Waals surface area contributed by atoms with Crippen LogP contribution in [0.25, 0.3) is 11.3 Å². The maximum absolute atomic E-state index is 11.5. The van der Waals surface area contributed by atoms with Crippen LogP contribution in [0, 0.1) is 20.8 Å². The van der Waals surface area contributed by atoms with Crippen LogP contribution in [-0.4, -0.2) is 28.2 Å². The Morgan fingerprint density at radius 2 is 1.90 bits per heavy atom. The molecular weight excluding hydrogens is 256 g/mol. The highest BCUT2D eigenvalue weighted by molar-refractivity contribution is 5.97. The first-order chi connectivity index (χ1) is 9.45. The molecular formula is C15H16N2O3. The van der Waals surface area contributed by atoms with E-state index in [0.717, 1.165) is 11.1 Å². The van der Waals surface area contributed by atoms with Gasteiger partial charge in [0.25, 0.3) is 0 Å². The van der Waals surface area contributed by atoms with Gasteiger partial charge in [0.2, 0.25) is 0 Å². The fraction of sp³-hybridized carbons (Fsp3) is 0.267. The predicted molar refractivity (Wildman–Crippen MR) is 75.2 cm³/mol. The van der Waals surface area contributed by atoms with Crippen LogP contribution in [0.1, 0.15) is 27.2 Å². The third kappa shape index (κ3) is 2.34. The molecule has 1 aromatic carbocycles. The van der Waals surface area contributed by atoms with Gasteiger partial charge in [-0.05, 0) is 38.0 Å². The number of carboxylic acid groups (broad SMARTS) is 1. The van der Waals surface area contributed by atoms with Crippen LogP contribution in [0.15, 0.2) is 18.5 Å². The number of rotatable bonds is 3. The van der Waals surface area contributed by atoms with Crippen LogP contribution < -0.4 is 4.74 Å². The lowest BCUT2D eigenvalue weighted by atomic mass is 9.97. The monoisotopic (exact) mass is 272 g/mol. The first kappa shape index (κ1) is 14.0. The zero-order valence-electron chi connectivity index (χ0n) is 11.9. The maximum atomic E-state index is 11.5. The molecule has 1 N–H and O–H groups in total. The summed E-state index contributed by atoms with van der Waals surface area (Å²) in [6.45, 7) is 5.53. The minimum absolute atomic E-state index is 0.109. The van der Waals surface area contributed by atoms with Gasteiger partial charge >= 0.3 is 5.97 Å². The molecule has 1 heterocycles. The summed E-state index contributed by atoms with van der Waals surface area (Å²) in [6.07, 6.45) is 1.37. The summed E-state index contributed by atoms with van der Waals surface area (Å²) in [7, 11) is 1.56. The van der Waals surface area contributed by atoms with Gasteiger partial charge in [-0.15, -0.1) is 0 Å². The molecule has 0 atom stereocenters. The molecule has 0 saturated heterocycles. The van der Waals surface area contributed by atoms with Gasteiger partial charge in [-0.2, -0.15) is 0 Å². The van der Waals surface area contributed by atoms with Gasteiger partial charge < -0.3 is 9.84 Å². The van der Waals surface area contributed by atoms with Gasteiger partial charge in [-0.3, -0.25) is 0 Å². The van der Waals surface area contributed by atoms with Gasteiger partial charge in [0.05, 0.1) is 18.5 Å². The average molecular weight is 272 g/mol. The summed E-state index contributed by atoms with van der Waals surface area (Å²) < 4.78 is 5.38. The number of carbonyl (C=O) groups is 1. The van der Waals surface area contributed by atoms with Crippen LogP contribution in [0.5, 0.6) is 5.75 Å². The van der Waals surface area contributed by atoms with E-state index in [2.05, 4.69) is 9.97 Å². The molecule has 0 bridgehead atoms. The number of methoxy groups -OCH3 is 1. The Morgan fingerprint density at radius 3 is 2.50 bits per heavy atom. The van der Waals surface area contributed by atoms with Crippen LogP contribution in [-0.2, 0) is 0 Å². The van der Waals surface area contributed by atoms with Crippen molar-refractivity contribution in [3.8, 4) is 17.0 Å². The molecule has 5 heteroatoms. The number of aromatic nitrogens is 2. The van der Waals surface area contributed by atoms with Gasteiger partial charge in [0.1, 0.15) is 17.6 Å². The lowest BCUT2D eigenvalue weighted by Crippen LogP contribution is -2.08. The molecule has 20 heavy (non-hydrogen) atoms. The summed E-state index contributed by atoms with van der Waals surface area (Å²) in [4.78, 5) is 19.6. The Hall–Kier alpha value is -2.43. The SMILES string of the molecule is COc1cc(C)cc(C)c1-c1ncnc(C)c1C(=O)O. The molecule has 2 rings (SSSR count). The normalized spacial score (nSPS) is 10.4. The van der Waals surface area contributed by atoms with E-state index in [0.29, 0.717) is 22.7 Å². The molecule has 0 aliphatic heterocycles. The molecule has 0 radical (unpaired) electrons. The predicted octanol–water partition coefficient (Wildman–Crippen LogP) is 2.78. The van der Waals surface area contributed by atoms with E-state index in [9.17, 15) is 9.90 Å². The first-order valence-electron chi connectivity index (χ1n) is 6.16. The third-order valence-corrected chi connectivity index (χ3v) is 3.15. The van der Waals surface area contributed by atoms with E-state index in [1.54, 1.807) is 14.0 Å². The fourth-order valence-corrected chi connectivity index (χ4v) is 2.31. The standard InChI is InChI=1S/C15H16N2O3/c1-8-5-9(2)12(11(6-8)20-4)14-13(15(18)19)10(3)16-7-17-14/h5-7H,1-4H3,(H,18,19). The van der Waals surface area contributed by atoms with E-state index in [-0.39, 0.29) is 5.56 Å². The topological polar surface area (TPSA) is 72.3 Å². The molecule has 0 unspecified atom stereocenters. The van der Waals surface area contributed by atoms with Gasteiger partial charge in [0, 0.05) is 5.56 Å². The average Bonchev–Trinajstić information content (AvgIpc) is 2.36. The number of ether oxygens (including phenoxy) is 1. The molecule has 1 aromatic heterocycles. The first-order valence-corrected chi connectivity index (χ1v) is 6.16. The molecule has 104 valence electrons. The van der Waals surface area contributed by atoms with E-state index in [4.69, 9.17) is 4.74 Å². The number of aromatic carboxylic acids is 1. The second-order valence-corrected chi connectivity index (χ2v) is 4.65. The summed E-state index contributed by atoms with van der Waals surface area (Å²) in [5.74, 6) is -0.428. The van der Waals surface area contributed by atoms with Crippen molar-refractivity contribution in [1.29, 1.82) is 0 Å². The molecule has 0 aliphatic carbocycles. The van der Waals surface area contributed by atoms with Crippen molar-refractivity contribution in [1.82, 2.24) is 9.97 Å². The minimum Gasteiger partial charge on any atom is -0.496 e. The lowest BCUT2D eigenvalue weighted by molar-refractivity contribution is 0.0696. The Kier molecular flexibility index (Phi) is 3.70. The van der Waals surface area contributed by atoms with Crippen molar-refractivity contribution in [2.24, 2.45) is 0 Å². The van der Waals surface area contributed by atoms with Gasteiger partial charge in [0.15, 0.2) is 0 Å². The number of aryl methyl sites for hydroxylation is 3. The largest absolute Gasteiger partial charge is 0.496 e. The second-order valence-electron chi connectivity index (χ2n) is 4.65. The van der Waals surface area contributed by atoms with Crippen LogP contribution >= 0.6 is 0 Å². The number of nitrogens with zero attached hydrogens (tertiary/aromatic N) is 2. The molecule has 0 amide bonds. The molecule has 0 saturated carbocycles. The highest BCUT2D eigenvalue weighted by Gasteiger charge is 2.21. The Morgan fingerprint density at radius 1 is 1.20 bits per heavy atom. The van der Waals surface area contributed by atoms with E-state index in [1.807, 2.05) is 26.0 Å². The molecule has 0 fully saturated rings. The summed E-state index contributed by atoms with van der Waals surface area (Å²) in [5, 5.41) is 9.40. The van der Waals surface area contributed by atoms with Crippen molar-refractivity contribution < 1.29 is 14.6 Å². The second kappa shape index (κ2) is 5.28. The Balaban J connectivity index is 2.82. The minimum atomic E-state index is -1.04. The van der Waals surface area contributed by atoms with Crippen molar-refractivity contribution >= 4 is 5.97 Å². The van der Waals surface area contributed by atoms with Crippen LogP contribution in [0.4, 0.5) is 0 Å². The summed E-state index contributed by atoms with van der Waals surface area (Å²) in [5.41, 5.74) is 3.59. The molecule has 0 aliphatic rings. The van der Waals surface area contributed by atoms with E-state index in [1.165, 1.54) is 6.33 Å². The maximum Gasteiger partial charge on any atom is 0.339 e. The van der Waals surface area contributed by atoms with Crippen molar-refractivity contribution in [2.75, 3.05) is 7.11 Å². The number of benzene rings is 1. The summed E-state index contributed by atoms with van der Waals surface area (Å²) >= 11 is 0. The molecule has 0 spiro atoms. The molecule has 2 aromatic rings. The highest BCUT2D eigenvalue weighted by atomic mass is 16.5.